The topological polar surface area (TPSA) is 55.7 Å². The minimum Gasteiger partial charge on any atom is -0.537 e. The van der Waals surface area contributed by atoms with Gasteiger partial charge in [0.2, 0.25) is 0 Å². The second-order valence-electron chi connectivity index (χ2n) is 15.9. The summed E-state index contributed by atoms with van der Waals surface area (Å²) in [5.41, 5.74) is 15.0. The highest BCUT2D eigenvalue weighted by Gasteiger charge is 2.17. The van der Waals surface area contributed by atoms with Gasteiger partial charge in [-0.15, -0.1) is 0 Å². The van der Waals surface area contributed by atoms with Crippen molar-refractivity contribution in [2.75, 3.05) is 0 Å². The van der Waals surface area contributed by atoms with Crippen LogP contribution in [0.25, 0.3) is 99.5 Å². The Morgan fingerprint density at radius 3 is 1.16 bits per heavy atom. The van der Waals surface area contributed by atoms with Gasteiger partial charge in [-0.05, 0) is 88.0 Å². The molecule has 0 atom stereocenters. The number of benzene rings is 10. The van der Waals surface area contributed by atoms with Gasteiger partial charge in [0.1, 0.15) is 28.1 Å². The van der Waals surface area contributed by atoms with E-state index in [9.17, 15) is 0 Å². The van der Waals surface area contributed by atoms with Crippen LogP contribution in [0.15, 0.2) is 244 Å². The van der Waals surface area contributed by atoms with Gasteiger partial charge in [0.05, 0.1) is 0 Å². The molecule has 0 aliphatic carbocycles. The molecule has 0 bridgehead atoms. The molecule has 0 fully saturated rings. The van der Waals surface area contributed by atoms with Gasteiger partial charge in [-0.2, -0.15) is 0 Å². The molecule has 0 saturated carbocycles. The van der Waals surface area contributed by atoms with Crippen molar-refractivity contribution in [2.45, 2.75) is 0 Å². The summed E-state index contributed by atoms with van der Waals surface area (Å²) in [6, 6.07) is 77.8. The van der Waals surface area contributed by atoms with Crippen molar-refractivity contribution in [3.05, 3.63) is 245 Å². The van der Waals surface area contributed by atoms with E-state index in [0.717, 1.165) is 103 Å². The van der Waals surface area contributed by atoms with E-state index in [1.807, 2.05) is 30.3 Å². The lowest BCUT2D eigenvalue weighted by molar-refractivity contribution is 0.454. The van der Waals surface area contributed by atoms with Gasteiger partial charge in [0, 0.05) is 58.3 Å². The van der Waals surface area contributed by atoms with Gasteiger partial charge in [-0.3, -0.25) is 0 Å². The first-order chi connectivity index (χ1) is 33.4. The minimum atomic E-state index is 0.562. The van der Waals surface area contributed by atoms with Crippen LogP contribution < -0.4 is 4.65 Å². The Bertz CT molecular complexity index is 3670. The molecule has 0 unspecified atom stereocenters. The van der Waals surface area contributed by atoms with Crippen LogP contribution in [0.5, 0.6) is 5.75 Å². The lowest BCUT2D eigenvalue weighted by atomic mass is 9.97. The molecule has 12 rings (SSSR count). The molecule has 2 heterocycles. The molecule has 0 spiro atoms. The summed E-state index contributed by atoms with van der Waals surface area (Å²) in [7, 11) is 0.628. The molecule has 4 nitrogen and oxygen atoms in total. The molecular formula is C60H39BBrCl2O4. The zero-order valence-electron chi connectivity index (χ0n) is 36.3. The second kappa shape index (κ2) is 20.3. The van der Waals surface area contributed by atoms with E-state index in [2.05, 4.69) is 197 Å². The molecule has 1 N–H and O–H groups in total. The Morgan fingerprint density at radius 1 is 0.353 bits per heavy atom. The summed E-state index contributed by atoms with van der Waals surface area (Å²) in [6.45, 7) is 0. The molecule has 2 aromatic heterocycles. The van der Waals surface area contributed by atoms with Crippen molar-refractivity contribution in [3.8, 4) is 61.4 Å². The van der Waals surface area contributed by atoms with E-state index in [4.69, 9.17) is 37.1 Å². The molecule has 0 amide bonds. The van der Waals surface area contributed by atoms with Gasteiger partial charge in [0.25, 0.3) is 0 Å². The smallest absolute Gasteiger partial charge is 0.537 e. The average Bonchev–Trinajstić information content (AvgIpc) is 3.98. The molecule has 327 valence electrons. The minimum absolute atomic E-state index is 0.562. The summed E-state index contributed by atoms with van der Waals surface area (Å²) in [4.78, 5) is 0. The van der Waals surface area contributed by atoms with E-state index in [1.165, 1.54) is 5.56 Å². The van der Waals surface area contributed by atoms with Gasteiger partial charge in [-0.1, -0.05) is 215 Å². The van der Waals surface area contributed by atoms with Crippen molar-refractivity contribution in [1.82, 2.24) is 0 Å². The second-order valence-corrected chi connectivity index (χ2v) is 17.7. The van der Waals surface area contributed by atoms with Crippen LogP contribution in [0.2, 0.25) is 10.0 Å². The third-order valence-electron chi connectivity index (χ3n) is 11.7. The maximum Gasteiger partial charge on any atom is 0.569 e. The Labute approximate surface area is 413 Å². The largest absolute Gasteiger partial charge is 0.569 e. The normalized spacial score (nSPS) is 10.9. The molecule has 0 saturated heterocycles. The van der Waals surface area contributed by atoms with Crippen LogP contribution in [0.4, 0.5) is 0 Å². The van der Waals surface area contributed by atoms with Gasteiger partial charge in [-0.25, -0.2) is 0 Å². The first-order valence-electron chi connectivity index (χ1n) is 21.9. The van der Waals surface area contributed by atoms with Crippen LogP contribution in [0.3, 0.4) is 0 Å². The Kier molecular flexibility index (Phi) is 13.3. The number of rotatable bonds is 7. The van der Waals surface area contributed by atoms with Crippen molar-refractivity contribution in [2.24, 2.45) is 0 Å². The zero-order valence-corrected chi connectivity index (χ0v) is 39.4. The van der Waals surface area contributed by atoms with E-state index in [1.54, 1.807) is 24.3 Å². The van der Waals surface area contributed by atoms with Crippen LogP contribution in [0.1, 0.15) is 0 Å². The number of fused-ring (bicyclic) bond motifs is 6. The average molecular weight is 986 g/mol. The summed E-state index contributed by atoms with van der Waals surface area (Å²) >= 11 is 15.2. The standard InChI is InChI=1S/C30H19ClO.C24H15BrO.C6H5BClO2/c31-24-17-15-20(16-18-24)22-9-4-10-23(19-22)26-12-6-14-28-27-13-5-11-25(29(27)32-30(26)28)21-7-2-1-3-8-21;25-18-10-4-9-17(15-18)20-12-6-14-22-21-13-5-11-19(23(21)26-24(20)22)16-7-2-1-3-8-16;8-5-1-3-6(4-2-5)10-7-9/h1-19H;1-15H;1-4,9H. The molecule has 10 aromatic carbocycles. The third-order valence-corrected chi connectivity index (χ3v) is 12.7. The number of hydrogen-bond acceptors (Lipinski definition) is 4. The fourth-order valence-electron chi connectivity index (χ4n) is 8.52. The first-order valence-corrected chi connectivity index (χ1v) is 23.5. The van der Waals surface area contributed by atoms with E-state index in [0.29, 0.717) is 18.5 Å². The van der Waals surface area contributed by atoms with Crippen molar-refractivity contribution < 1.29 is 18.5 Å². The number of halogens is 3. The van der Waals surface area contributed by atoms with Gasteiger partial charge in [0.15, 0.2) is 0 Å². The highest BCUT2D eigenvalue weighted by Crippen LogP contribution is 2.42. The third kappa shape index (κ3) is 9.46. The first kappa shape index (κ1) is 44.5. The number of para-hydroxylation sites is 4. The quantitative estimate of drug-likeness (QED) is 0.162. The predicted octanol–water partition coefficient (Wildman–Crippen LogP) is 18.2. The van der Waals surface area contributed by atoms with E-state index < -0.39 is 0 Å². The number of furan rings is 2. The van der Waals surface area contributed by atoms with Crippen LogP contribution in [-0.4, -0.2) is 12.7 Å². The maximum atomic E-state index is 8.21. The fraction of sp³-hybridized carbons (Fsp3) is 0. The van der Waals surface area contributed by atoms with E-state index >= 15 is 0 Å². The van der Waals surface area contributed by atoms with E-state index in [-0.39, 0.29) is 0 Å². The van der Waals surface area contributed by atoms with Crippen molar-refractivity contribution >= 4 is 90.7 Å². The molecule has 0 aliphatic rings. The van der Waals surface area contributed by atoms with Crippen LogP contribution in [0, 0.1) is 0 Å². The highest BCUT2D eigenvalue weighted by atomic mass is 79.9. The maximum absolute atomic E-state index is 8.21. The Balaban J connectivity index is 0.000000134. The number of hydrogen-bond donors (Lipinski definition) is 1. The predicted molar refractivity (Wildman–Crippen MR) is 287 cm³/mol. The fourth-order valence-corrected chi connectivity index (χ4v) is 9.17. The van der Waals surface area contributed by atoms with Gasteiger partial charge >= 0.3 is 7.69 Å². The SMILES string of the molecule is Brc1cccc(-c2cccc3c2oc2c(-c4ccccc4)cccc23)c1.Clc1ccc(-c2cccc(-c3cccc4c3oc3c(-c5ccccc5)cccc34)c2)cc1.O[B]Oc1ccc(Cl)cc1. The molecular weight excluding hydrogens is 946 g/mol. The molecule has 68 heavy (non-hydrogen) atoms. The molecule has 8 heteroatoms. The van der Waals surface area contributed by atoms with Crippen molar-refractivity contribution in [3.63, 3.8) is 0 Å². The Morgan fingerprint density at radius 2 is 0.721 bits per heavy atom. The molecule has 1 radical (unpaired) electrons. The highest BCUT2D eigenvalue weighted by molar-refractivity contribution is 9.10. The molecule has 0 aliphatic heterocycles. The summed E-state index contributed by atoms with van der Waals surface area (Å²) in [5.74, 6) is 0.562. The summed E-state index contributed by atoms with van der Waals surface area (Å²) in [5, 5.41) is 14.2. The summed E-state index contributed by atoms with van der Waals surface area (Å²) < 4.78 is 18.7. The molecule has 12 aromatic rings. The van der Waals surface area contributed by atoms with Gasteiger partial charge < -0.3 is 18.5 Å². The van der Waals surface area contributed by atoms with Crippen molar-refractivity contribution in [1.29, 1.82) is 0 Å². The monoisotopic (exact) mass is 983 g/mol. The lowest BCUT2D eigenvalue weighted by Gasteiger charge is -2.07. The zero-order chi connectivity index (χ0) is 46.4. The van der Waals surface area contributed by atoms with Crippen LogP contribution in [-0.2, 0) is 0 Å². The van der Waals surface area contributed by atoms with Crippen LogP contribution >= 0.6 is 39.1 Å². The lowest BCUT2D eigenvalue weighted by Crippen LogP contribution is -1.98. The summed E-state index contributed by atoms with van der Waals surface area (Å²) in [6.07, 6.45) is 0. The Hall–Kier alpha value is -7.32.